The van der Waals surface area contributed by atoms with Gasteiger partial charge in [0.1, 0.15) is 13.2 Å². The minimum absolute atomic E-state index is 0.0755. The van der Waals surface area contributed by atoms with Crippen LogP contribution in [0, 0.1) is 0 Å². The van der Waals surface area contributed by atoms with Crippen molar-refractivity contribution < 1.29 is 28.6 Å². The first-order valence-electron chi connectivity index (χ1n) is 29.0. The molecule has 66 heavy (non-hydrogen) atoms. The highest BCUT2D eigenvalue weighted by atomic mass is 16.6. The van der Waals surface area contributed by atoms with E-state index in [2.05, 4.69) is 57.2 Å². The van der Waals surface area contributed by atoms with Gasteiger partial charge in [0.2, 0.25) is 0 Å². The molecule has 0 rings (SSSR count). The molecule has 0 aliphatic carbocycles. The molecule has 0 aromatic rings. The van der Waals surface area contributed by atoms with Crippen LogP contribution in [0.3, 0.4) is 0 Å². The van der Waals surface area contributed by atoms with E-state index in [0.717, 1.165) is 77.0 Å². The number of ether oxygens (including phenoxy) is 3. The van der Waals surface area contributed by atoms with E-state index in [1.165, 1.54) is 193 Å². The lowest BCUT2D eigenvalue weighted by molar-refractivity contribution is -0.167. The molecule has 0 fully saturated rings. The Morgan fingerprint density at radius 2 is 0.545 bits per heavy atom. The van der Waals surface area contributed by atoms with Gasteiger partial charge in [0.25, 0.3) is 0 Å². The fraction of sp³-hybridized carbons (Fsp3) is 0.850. The Balaban J connectivity index is 4.36. The standard InChI is InChI=1S/C60H110O6/c1-4-7-10-13-16-19-22-25-28-30-33-35-38-41-44-47-50-53-59(62)65-56-57(55-64-58(61)52-49-46-43-40-37-34-31-27-24-21-18-15-12-9-6-3)66-60(63)54-51-48-45-42-39-36-32-29-26-23-20-17-14-11-8-5-2/h16,19,25,27-28,31,57H,4-15,17-18,20-24,26,29-30,32-56H2,1-3H3/b19-16-,28-25-,31-27-. The van der Waals surface area contributed by atoms with Gasteiger partial charge in [0.15, 0.2) is 6.10 Å². The third kappa shape index (κ3) is 52.6. The van der Waals surface area contributed by atoms with Gasteiger partial charge in [-0.05, 0) is 77.0 Å². The number of carbonyl (C=O) groups excluding carboxylic acids is 3. The van der Waals surface area contributed by atoms with Gasteiger partial charge in [-0.15, -0.1) is 0 Å². The van der Waals surface area contributed by atoms with E-state index in [1.807, 2.05) is 0 Å². The van der Waals surface area contributed by atoms with Crippen molar-refractivity contribution >= 4 is 17.9 Å². The maximum Gasteiger partial charge on any atom is 0.306 e. The molecule has 1 atom stereocenters. The van der Waals surface area contributed by atoms with Crippen molar-refractivity contribution in [3.8, 4) is 0 Å². The van der Waals surface area contributed by atoms with Crippen LogP contribution < -0.4 is 0 Å². The first-order valence-corrected chi connectivity index (χ1v) is 29.0. The van der Waals surface area contributed by atoms with Crippen LogP contribution in [0.15, 0.2) is 36.5 Å². The average molecular weight is 928 g/mol. The summed E-state index contributed by atoms with van der Waals surface area (Å²) in [6.45, 7) is 6.64. The monoisotopic (exact) mass is 927 g/mol. The summed E-state index contributed by atoms with van der Waals surface area (Å²) < 4.78 is 16.9. The predicted octanol–water partition coefficient (Wildman–Crippen LogP) is 19.3. The lowest BCUT2D eigenvalue weighted by Gasteiger charge is -2.18. The van der Waals surface area contributed by atoms with Crippen LogP contribution in [0.5, 0.6) is 0 Å². The minimum atomic E-state index is -0.776. The number of allylic oxidation sites excluding steroid dienone is 6. The van der Waals surface area contributed by atoms with Crippen molar-refractivity contribution in [3.05, 3.63) is 36.5 Å². The van der Waals surface area contributed by atoms with Gasteiger partial charge >= 0.3 is 17.9 Å². The predicted molar refractivity (Wildman–Crippen MR) is 284 cm³/mol. The molecule has 0 aromatic heterocycles. The highest BCUT2D eigenvalue weighted by Gasteiger charge is 2.19. The highest BCUT2D eigenvalue weighted by molar-refractivity contribution is 5.71. The topological polar surface area (TPSA) is 78.9 Å². The van der Waals surface area contributed by atoms with Crippen LogP contribution in [-0.2, 0) is 28.6 Å². The van der Waals surface area contributed by atoms with E-state index < -0.39 is 6.10 Å². The summed E-state index contributed by atoms with van der Waals surface area (Å²) in [5, 5.41) is 0. The van der Waals surface area contributed by atoms with Crippen LogP contribution in [0.2, 0.25) is 0 Å². The summed E-state index contributed by atoms with van der Waals surface area (Å²) in [6, 6.07) is 0. The van der Waals surface area contributed by atoms with E-state index in [0.29, 0.717) is 19.3 Å². The molecule has 0 spiro atoms. The largest absolute Gasteiger partial charge is 0.462 e. The normalized spacial score (nSPS) is 12.2. The number of carbonyl (C=O) groups is 3. The van der Waals surface area contributed by atoms with E-state index in [-0.39, 0.29) is 31.1 Å². The summed E-state index contributed by atoms with van der Waals surface area (Å²) in [5.41, 5.74) is 0. The third-order valence-electron chi connectivity index (χ3n) is 12.9. The van der Waals surface area contributed by atoms with Gasteiger partial charge in [-0.1, -0.05) is 250 Å². The summed E-state index contributed by atoms with van der Waals surface area (Å²) in [7, 11) is 0. The molecule has 6 nitrogen and oxygen atoms in total. The second-order valence-corrected chi connectivity index (χ2v) is 19.6. The fourth-order valence-electron chi connectivity index (χ4n) is 8.47. The first-order chi connectivity index (χ1) is 32.5. The number of rotatable bonds is 53. The number of hydrogen-bond donors (Lipinski definition) is 0. The quantitative estimate of drug-likeness (QED) is 0.0262. The molecule has 6 heteroatoms. The summed E-state index contributed by atoms with van der Waals surface area (Å²) in [5.74, 6) is -0.873. The Morgan fingerprint density at radius 1 is 0.303 bits per heavy atom. The SMILES string of the molecule is CCCCC/C=C\C/C=C\CCCCCCCCCC(=O)OCC(COC(=O)CCCCCCC/C=C\CCCCCCCC)OC(=O)CCCCCCCCCCCCCCCCCC. The molecule has 0 bridgehead atoms. The Kier molecular flexibility index (Phi) is 53.2. The first kappa shape index (κ1) is 63.6. The molecule has 0 aliphatic rings. The number of hydrogen-bond acceptors (Lipinski definition) is 6. The Hall–Kier alpha value is -2.37. The Morgan fingerprint density at radius 3 is 0.879 bits per heavy atom. The van der Waals surface area contributed by atoms with Crippen LogP contribution in [-0.4, -0.2) is 37.2 Å². The van der Waals surface area contributed by atoms with Gasteiger partial charge in [0.05, 0.1) is 0 Å². The van der Waals surface area contributed by atoms with Gasteiger partial charge in [-0.2, -0.15) is 0 Å². The van der Waals surface area contributed by atoms with Crippen LogP contribution in [0.25, 0.3) is 0 Å². The van der Waals surface area contributed by atoms with Gasteiger partial charge in [-0.3, -0.25) is 14.4 Å². The molecule has 0 saturated carbocycles. The van der Waals surface area contributed by atoms with Crippen molar-refractivity contribution in [2.24, 2.45) is 0 Å². The summed E-state index contributed by atoms with van der Waals surface area (Å²) in [6.07, 6.45) is 65.5. The van der Waals surface area contributed by atoms with Crippen molar-refractivity contribution in [2.45, 2.75) is 316 Å². The van der Waals surface area contributed by atoms with E-state index in [4.69, 9.17) is 14.2 Å². The molecular formula is C60H110O6. The molecule has 0 heterocycles. The molecule has 386 valence electrons. The summed E-state index contributed by atoms with van der Waals surface area (Å²) >= 11 is 0. The van der Waals surface area contributed by atoms with E-state index >= 15 is 0 Å². The second kappa shape index (κ2) is 55.2. The van der Waals surface area contributed by atoms with E-state index in [1.54, 1.807) is 0 Å². The smallest absolute Gasteiger partial charge is 0.306 e. The lowest BCUT2D eigenvalue weighted by Crippen LogP contribution is -2.30. The summed E-state index contributed by atoms with van der Waals surface area (Å²) in [4.78, 5) is 38.1. The average Bonchev–Trinajstić information content (AvgIpc) is 3.31. The zero-order chi connectivity index (χ0) is 47.9. The fourth-order valence-corrected chi connectivity index (χ4v) is 8.47. The van der Waals surface area contributed by atoms with Crippen molar-refractivity contribution in [3.63, 3.8) is 0 Å². The zero-order valence-corrected chi connectivity index (χ0v) is 44.2. The van der Waals surface area contributed by atoms with Crippen LogP contribution >= 0.6 is 0 Å². The molecule has 0 saturated heterocycles. The molecular weight excluding hydrogens is 817 g/mol. The minimum Gasteiger partial charge on any atom is -0.462 e. The molecule has 1 unspecified atom stereocenters. The molecule has 0 radical (unpaired) electrons. The maximum atomic E-state index is 12.9. The Bertz CT molecular complexity index is 1110. The van der Waals surface area contributed by atoms with Gasteiger partial charge < -0.3 is 14.2 Å². The highest BCUT2D eigenvalue weighted by Crippen LogP contribution is 2.16. The van der Waals surface area contributed by atoms with Gasteiger partial charge in [-0.25, -0.2) is 0 Å². The number of unbranched alkanes of at least 4 members (excludes halogenated alkanes) is 36. The van der Waals surface area contributed by atoms with Crippen LogP contribution in [0.4, 0.5) is 0 Å². The third-order valence-corrected chi connectivity index (χ3v) is 12.9. The molecule has 0 amide bonds. The van der Waals surface area contributed by atoms with E-state index in [9.17, 15) is 14.4 Å². The van der Waals surface area contributed by atoms with Gasteiger partial charge in [0, 0.05) is 19.3 Å². The maximum absolute atomic E-state index is 12.9. The van der Waals surface area contributed by atoms with Crippen molar-refractivity contribution in [1.82, 2.24) is 0 Å². The molecule has 0 N–H and O–H groups in total. The number of esters is 3. The lowest BCUT2D eigenvalue weighted by atomic mass is 10.0. The second-order valence-electron chi connectivity index (χ2n) is 19.6. The van der Waals surface area contributed by atoms with Crippen molar-refractivity contribution in [2.75, 3.05) is 13.2 Å². The molecule has 0 aromatic carbocycles. The Labute approximate surface area is 410 Å². The molecule has 0 aliphatic heterocycles. The van der Waals surface area contributed by atoms with Crippen LogP contribution in [0.1, 0.15) is 310 Å². The zero-order valence-electron chi connectivity index (χ0n) is 44.2. The van der Waals surface area contributed by atoms with Crippen molar-refractivity contribution in [1.29, 1.82) is 0 Å².